The number of piperidine rings is 1. The topological polar surface area (TPSA) is 41.0 Å². The highest BCUT2D eigenvalue weighted by atomic mass is 15.2. The summed E-state index contributed by atoms with van der Waals surface area (Å²) in [6.45, 7) is 3.25. The molecule has 128 valence electrons. The summed E-state index contributed by atoms with van der Waals surface area (Å²) >= 11 is 0. The number of hydrogen-bond acceptors (Lipinski definition) is 4. The third-order valence-electron chi connectivity index (χ3n) is 5.10. The molecule has 4 rings (SSSR count). The van der Waals surface area contributed by atoms with Crippen molar-refractivity contribution in [2.75, 3.05) is 31.6 Å². The first kappa shape index (κ1) is 16.0. The van der Waals surface area contributed by atoms with Crippen LogP contribution < -0.4 is 10.2 Å². The molecular weight excluding hydrogens is 308 g/mol. The van der Waals surface area contributed by atoms with E-state index in [-0.39, 0.29) is 0 Å². The number of rotatable bonds is 4. The molecule has 0 bridgehead atoms. The van der Waals surface area contributed by atoms with Crippen molar-refractivity contribution in [3.63, 3.8) is 0 Å². The molecular formula is C21H24N4. The molecule has 1 N–H and O–H groups in total. The van der Waals surface area contributed by atoms with Crippen LogP contribution in [0.2, 0.25) is 0 Å². The summed E-state index contributed by atoms with van der Waals surface area (Å²) in [7, 11) is 2.03. The molecule has 1 fully saturated rings. The van der Waals surface area contributed by atoms with Gasteiger partial charge in [-0.25, -0.2) is 9.97 Å². The average molecular weight is 332 g/mol. The second kappa shape index (κ2) is 7.19. The van der Waals surface area contributed by atoms with E-state index >= 15 is 0 Å². The Morgan fingerprint density at radius 3 is 2.68 bits per heavy atom. The first-order valence-corrected chi connectivity index (χ1v) is 9.06. The molecule has 1 saturated heterocycles. The Morgan fingerprint density at radius 1 is 1.04 bits per heavy atom. The molecule has 2 heterocycles. The van der Waals surface area contributed by atoms with Crippen LogP contribution in [0, 0.1) is 5.92 Å². The summed E-state index contributed by atoms with van der Waals surface area (Å²) in [6, 6.07) is 16.8. The van der Waals surface area contributed by atoms with E-state index in [9.17, 15) is 0 Å². The third-order valence-corrected chi connectivity index (χ3v) is 5.10. The van der Waals surface area contributed by atoms with Crippen LogP contribution in [-0.2, 0) is 0 Å². The molecule has 25 heavy (non-hydrogen) atoms. The Balaban J connectivity index is 1.62. The van der Waals surface area contributed by atoms with Crippen LogP contribution in [0.3, 0.4) is 0 Å². The highest BCUT2D eigenvalue weighted by molar-refractivity contribution is 5.95. The number of nitrogens with zero attached hydrogens (tertiary/aromatic N) is 3. The Morgan fingerprint density at radius 2 is 1.84 bits per heavy atom. The first-order valence-electron chi connectivity index (χ1n) is 9.06. The van der Waals surface area contributed by atoms with Crippen LogP contribution in [-0.4, -0.2) is 36.6 Å². The standard InChI is InChI=1S/C21H24N4/c1-22-15-16-10-13-25(14-11-16)20-9-12-23-21(24-20)19-8-4-6-17-5-2-3-7-18(17)19/h2-9,12,16,22H,10-11,13-15H2,1H3. The number of nitrogens with one attached hydrogen (secondary N) is 1. The van der Waals surface area contributed by atoms with Crippen LogP contribution in [0.1, 0.15) is 12.8 Å². The highest BCUT2D eigenvalue weighted by Crippen LogP contribution is 2.28. The predicted octanol–water partition coefficient (Wildman–Crippen LogP) is 3.73. The van der Waals surface area contributed by atoms with Gasteiger partial charge in [0.15, 0.2) is 5.82 Å². The van der Waals surface area contributed by atoms with Gasteiger partial charge in [0.2, 0.25) is 0 Å². The summed E-state index contributed by atoms with van der Waals surface area (Å²) < 4.78 is 0. The Hall–Kier alpha value is -2.46. The van der Waals surface area contributed by atoms with Crippen LogP contribution in [0.4, 0.5) is 5.82 Å². The van der Waals surface area contributed by atoms with Gasteiger partial charge in [0, 0.05) is 24.8 Å². The normalized spacial score (nSPS) is 15.6. The Labute approximate surface area is 148 Å². The summed E-state index contributed by atoms with van der Waals surface area (Å²) in [5.41, 5.74) is 1.10. The number of fused-ring (bicyclic) bond motifs is 1. The molecule has 4 heteroatoms. The minimum absolute atomic E-state index is 0.778. The van der Waals surface area contributed by atoms with Crippen molar-refractivity contribution >= 4 is 16.6 Å². The van der Waals surface area contributed by atoms with E-state index in [0.29, 0.717) is 0 Å². The molecule has 1 aromatic heterocycles. The number of anilines is 1. The molecule has 1 aliphatic heterocycles. The maximum atomic E-state index is 4.89. The van der Waals surface area contributed by atoms with Crippen molar-refractivity contribution in [1.29, 1.82) is 0 Å². The molecule has 0 amide bonds. The number of aromatic nitrogens is 2. The molecule has 1 aliphatic rings. The van der Waals surface area contributed by atoms with Gasteiger partial charge in [0.25, 0.3) is 0 Å². The lowest BCUT2D eigenvalue weighted by molar-refractivity contribution is 0.392. The molecule has 2 aromatic carbocycles. The van der Waals surface area contributed by atoms with Gasteiger partial charge in [-0.2, -0.15) is 0 Å². The van der Waals surface area contributed by atoms with Gasteiger partial charge in [0.1, 0.15) is 5.82 Å². The van der Waals surface area contributed by atoms with Crippen molar-refractivity contribution in [2.45, 2.75) is 12.8 Å². The quantitative estimate of drug-likeness (QED) is 0.790. The van der Waals surface area contributed by atoms with Crippen LogP contribution in [0.15, 0.2) is 54.7 Å². The average Bonchev–Trinajstić information content (AvgIpc) is 2.68. The zero-order valence-electron chi connectivity index (χ0n) is 14.7. The van der Waals surface area contributed by atoms with Gasteiger partial charge in [-0.3, -0.25) is 0 Å². The van der Waals surface area contributed by atoms with Crippen molar-refractivity contribution in [3.8, 4) is 11.4 Å². The maximum Gasteiger partial charge on any atom is 0.162 e. The summed E-state index contributed by atoms with van der Waals surface area (Å²) in [5, 5.41) is 5.72. The van der Waals surface area contributed by atoms with Gasteiger partial charge in [0.05, 0.1) is 0 Å². The van der Waals surface area contributed by atoms with Gasteiger partial charge in [-0.05, 0) is 49.2 Å². The molecule has 0 unspecified atom stereocenters. The monoisotopic (exact) mass is 332 g/mol. The van der Waals surface area contributed by atoms with Crippen LogP contribution in [0.25, 0.3) is 22.2 Å². The largest absolute Gasteiger partial charge is 0.356 e. The predicted molar refractivity (Wildman–Crippen MR) is 104 cm³/mol. The molecule has 0 radical (unpaired) electrons. The van der Waals surface area contributed by atoms with E-state index in [0.717, 1.165) is 42.8 Å². The smallest absolute Gasteiger partial charge is 0.162 e. The van der Waals surface area contributed by atoms with Gasteiger partial charge < -0.3 is 10.2 Å². The Bertz CT molecular complexity index is 848. The van der Waals surface area contributed by atoms with Crippen molar-refractivity contribution in [3.05, 3.63) is 54.7 Å². The van der Waals surface area contributed by atoms with E-state index in [1.165, 1.54) is 23.6 Å². The SMILES string of the molecule is CNCC1CCN(c2ccnc(-c3cccc4ccccc34)n2)CC1. The maximum absolute atomic E-state index is 4.89. The molecule has 0 saturated carbocycles. The van der Waals surface area contributed by atoms with E-state index in [1.54, 1.807) is 0 Å². The minimum Gasteiger partial charge on any atom is -0.356 e. The zero-order valence-corrected chi connectivity index (χ0v) is 14.7. The lowest BCUT2D eigenvalue weighted by Crippen LogP contribution is -2.37. The van der Waals surface area contributed by atoms with Crippen molar-refractivity contribution in [1.82, 2.24) is 15.3 Å². The van der Waals surface area contributed by atoms with E-state index in [4.69, 9.17) is 4.98 Å². The van der Waals surface area contributed by atoms with Gasteiger partial charge >= 0.3 is 0 Å². The summed E-state index contributed by atoms with van der Waals surface area (Å²) in [6.07, 6.45) is 4.32. The molecule has 0 spiro atoms. The molecule has 0 atom stereocenters. The van der Waals surface area contributed by atoms with E-state index in [2.05, 4.69) is 57.7 Å². The number of benzene rings is 2. The fraction of sp³-hybridized carbons (Fsp3) is 0.333. The summed E-state index contributed by atoms with van der Waals surface area (Å²) in [5.74, 6) is 2.63. The minimum atomic E-state index is 0.778. The highest BCUT2D eigenvalue weighted by Gasteiger charge is 2.20. The van der Waals surface area contributed by atoms with Crippen molar-refractivity contribution < 1.29 is 0 Å². The molecule has 4 nitrogen and oxygen atoms in total. The van der Waals surface area contributed by atoms with Gasteiger partial charge in [-0.1, -0.05) is 42.5 Å². The second-order valence-corrected chi connectivity index (χ2v) is 6.75. The molecule has 3 aromatic rings. The zero-order chi connectivity index (χ0) is 17.1. The fourth-order valence-electron chi connectivity index (χ4n) is 3.73. The lowest BCUT2D eigenvalue weighted by atomic mass is 9.97. The van der Waals surface area contributed by atoms with Gasteiger partial charge in [-0.15, -0.1) is 0 Å². The Kier molecular flexibility index (Phi) is 4.61. The van der Waals surface area contributed by atoms with Crippen LogP contribution >= 0.6 is 0 Å². The third kappa shape index (κ3) is 3.35. The lowest BCUT2D eigenvalue weighted by Gasteiger charge is -2.32. The second-order valence-electron chi connectivity index (χ2n) is 6.75. The summed E-state index contributed by atoms with van der Waals surface area (Å²) in [4.78, 5) is 11.8. The fourth-order valence-corrected chi connectivity index (χ4v) is 3.73. The first-order chi connectivity index (χ1) is 12.3. The van der Waals surface area contributed by atoms with Crippen LogP contribution in [0.5, 0.6) is 0 Å². The van der Waals surface area contributed by atoms with E-state index in [1.807, 2.05) is 19.3 Å². The van der Waals surface area contributed by atoms with Crippen molar-refractivity contribution in [2.24, 2.45) is 5.92 Å². The number of hydrogen-bond donors (Lipinski definition) is 1. The van der Waals surface area contributed by atoms with E-state index < -0.39 is 0 Å². The molecule has 0 aliphatic carbocycles.